The topological polar surface area (TPSA) is 106 Å². The van der Waals surface area contributed by atoms with Crippen LogP contribution in [0.2, 0.25) is 5.02 Å². The monoisotopic (exact) mass is 519 g/mol. The molecule has 1 aliphatic rings. The zero-order chi connectivity index (χ0) is 23.6. The molecule has 1 aliphatic heterocycles. The van der Waals surface area contributed by atoms with Gasteiger partial charge < -0.3 is 15.2 Å². The first-order valence-corrected chi connectivity index (χ1v) is 10.2. The number of allylic oxidation sites excluding steroid dienone is 1. The van der Waals surface area contributed by atoms with Crippen LogP contribution >= 0.6 is 27.5 Å². The van der Waals surface area contributed by atoms with Crippen LogP contribution in [0.3, 0.4) is 0 Å². The first-order chi connectivity index (χ1) is 15.3. The minimum Gasteiger partial charge on any atom is -0.466 e. The Kier molecular flexibility index (Phi) is 6.87. The second kappa shape index (κ2) is 9.42. The van der Waals surface area contributed by atoms with Gasteiger partial charge in [0.25, 0.3) is 0 Å². The molecule has 0 saturated heterocycles. The third kappa shape index (κ3) is 3.95. The van der Waals surface area contributed by atoms with E-state index in [-0.39, 0.29) is 37.8 Å². The maximum atomic E-state index is 15.1. The highest BCUT2D eigenvalue weighted by Crippen LogP contribution is 2.45. The van der Waals surface area contributed by atoms with Gasteiger partial charge in [0.1, 0.15) is 17.3 Å². The predicted molar refractivity (Wildman–Crippen MR) is 119 cm³/mol. The fourth-order valence-corrected chi connectivity index (χ4v) is 4.44. The molecule has 0 aliphatic carbocycles. The summed E-state index contributed by atoms with van der Waals surface area (Å²) in [5.41, 5.74) is 5.91. The Balaban J connectivity index is 2.48. The molecule has 0 saturated carbocycles. The Morgan fingerprint density at radius 3 is 2.34 bits per heavy atom. The van der Waals surface area contributed by atoms with Crippen molar-refractivity contribution in [3.63, 3.8) is 0 Å². The van der Waals surface area contributed by atoms with Crippen molar-refractivity contribution in [3.05, 3.63) is 86.0 Å². The number of halogens is 3. The molecule has 1 unspecified atom stereocenters. The summed E-state index contributed by atoms with van der Waals surface area (Å²) in [6, 6.07) is 12.9. The van der Waals surface area contributed by atoms with E-state index in [9.17, 15) is 14.9 Å². The van der Waals surface area contributed by atoms with E-state index in [0.29, 0.717) is 5.56 Å². The first kappa shape index (κ1) is 23.3. The normalized spacial score (nSPS) is 16.0. The van der Waals surface area contributed by atoms with Crippen molar-refractivity contribution in [2.24, 2.45) is 5.73 Å². The van der Waals surface area contributed by atoms with Gasteiger partial charge in [-0.25, -0.2) is 14.0 Å². The molecule has 2 aromatic carbocycles. The summed E-state index contributed by atoms with van der Waals surface area (Å²) in [6.07, 6.45) is 0. The number of esters is 2. The number of rotatable bonds is 4. The predicted octanol–water partition coefficient (Wildman–Crippen LogP) is 4.14. The van der Waals surface area contributed by atoms with Crippen LogP contribution in [-0.2, 0) is 19.1 Å². The summed E-state index contributed by atoms with van der Waals surface area (Å²) in [6.45, 7) is 0. The van der Waals surface area contributed by atoms with E-state index in [4.69, 9.17) is 26.8 Å². The zero-order valence-corrected chi connectivity index (χ0v) is 19.2. The second-order valence-electron chi connectivity index (χ2n) is 6.55. The Morgan fingerprint density at radius 1 is 1.19 bits per heavy atom. The molecule has 0 bridgehead atoms. The van der Waals surface area contributed by atoms with Crippen molar-refractivity contribution in [2.75, 3.05) is 19.1 Å². The van der Waals surface area contributed by atoms with Crippen molar-refractivity contribution in [3.8, 4) is 6.07 Å². The molecule has 1 heterocycles. The maximum absolute atomic E-state index is 15.1. The molecule has 0 aromatic heterocycles. The lowest BCUT2D eigenvalue weighted by Crippen LogP contribution is -2.41. The molecule has 10 heteroatoms. The molecule has 7 nitrogen and oxygen atoms in total. The van der Waals surface area contributed by atoms with E-state index >= 15 is 4.39 Å². The SMILES string of the molecule is COC(=O)C1=C(C(=O)OC)N(c2c(F)cc(Cl)cc2Br)C(N)=C(C#N)C1c1ccccc1. The van der Waals surface area contributed by atoms with Crippen LogP contribution in [0.25, 0.3) is 0 Å². The number of hydrogen-bond donors (Lipinski definition) is 1. The van der Waals surface area contributed by atoms with Gasteiger partial charge in [-0.05, 0) is 33.6 Å². The third-order valence-corrected chi connectivity index (χ3v) is 5.64. The van der Waals surface area contributed by atoms with Crippen LogP contribution in [0.1, 0.15) is 11.5 Å². The Labute approximate surface area is 196 Å². The highest BCUT2D eigenvalue weighted by atomic mass is 79.9. The van der Waals surface area contributed by atoms with E-state index in [0.717, 1.165) is 25.2 Å². The summed E-state index contributed by atoms with van der Waals surface area (Å²) < 4.78 is 25.0. The van der Waals surface area contributed by atoms with Crippen molar-refractivity contribution < 1.29 is 23.5 Å². The summed E-state index contributed by atoms with van der Waals surface area (Å²) >= 11 is 9.14. The second-order valence-corrected chi connectivity index (χ2v) is 7.84. The lowest BCUT2D eigenvalue weighted by Gasteiger charge is -2.36. The van der Waals surface area contributed by atoms with Crippen LogP contribution in [0.4, 0.5) is 10.1 Å². The highest BCUT2D eigenvalue weighted by Gasteiger charge is 2.44. The minimum atomic E-state index is -1.05. The van der Waals surface area contributed by atoms with Gasteiger partial charge in [-0.2, -0.15) is 5.26 Å². The Morgan fingerprint density at radius 2 is 1.81 bits per heavy atom. The first-order valence-electron chi connectivity index (χ1n) is 9.06. The van der Waals surface area contributed by atoms with E-state index in [1.165, 1.54) is 6.07 Å². The molecule has 164 valence electrons. The van der Waals surface area contributed by atoms with Crippen molar-refractivity contribution in [1.82, 2.24) is 0 Å². The van der Waals surface area contributed by atoms with Gasteiger partial charge >= 0.3 is 11.9 Å². The number of nitrogens with zero attached hydrogens (tertiary/aromatic N) is 2. The summed E-state index contributed by atoms with van der Waals surface area (Å²) in [7, 11) is 2.23. The van der Waals surface area contributed by atoms with Crippen molar-refractivity contribution in [2.45, 2.75) is 5.92 Å². The molecular weight excluding hydrogens is 505 g/mol. The van der Waals surface area contributed by atoms with Crippen molar-refractivity contribution in [1.29, 1.82) is 5.26 Å². The smallest absolute Gasteiger partial charge is 0.355 e. The molecule has 0 spiro atoms. The molecule has 3 rings (SSSR count). The number of methoxy groups -OCH3 is 2. The number of nitriles is 1. The van der Waals surface area contributed by atoms with Crippen LogP contribution in [0.5, 0.6) is 0 Å². The van der Waals surface area contributed by atoms with Crippen LogP contribution in [-0.4, -0.2) is 26.2 Å². The van der Waals surface area contributed by atoms with Gasteiger partial charge in [0.05, 0.1) is 43.0 Å². The van der Waals surface area contributed by atoms with Gasteiger partial charge in [-0.1, -0.05) is 41.9 Å². The largest absolute Gasteiger partial charge is 0.466 e. The quantitative estimate of drug-likeness (QED) is 0.604. The fourth-order valence-electron chi connectivity index (χ4n) is 3.49. The molecule has 0 amide bonds. The fraction of sp³-hybridized carbons (Fsp3) is 0.136. The zero-order valence-electron chi connectivity index (χ0n) is 16.9. The van der Waals surface area contributed by atoms with Crippen molar-refractivity contribution >= 4 is 45.2 Å². The maximum Gasteiger partial charge on any atom is 0.355 e. The number of carbonyl (C=O) groups excluding carboxylic acids is 2. The number of hydrogen-bond acceptors (Lipinski definition) is 7. The van der Waals surface area contributed by atoms with E-state index < -0.39 is 23.7 Å². The number of nitrogens with two attached hydrogens (primary N) is 1. The van der Waals surface area contributed by atoms with Crippen LogP contribution in [0.15, 0.2) is 69.6 Å². The number of benzene rings is 2. The summed E-state index contributed by atoms with van der Waals surface area (Å²) in [5.74, 6) is -4.04. The Hall–Kier alpha value is -3.35. The van der Waals surface area contributed by atoms with Gasteiger partial charge in [0, 0.05) is 9.50 Å². The lowest BCUT2D eigenvalue weighted by molar-refractivity contribution is -0.139. The number of ether oxygens (including phenoxy) is 2. The third-order valence-electron chi connectivity index (χ3n) is 4.82. The summed E-state index contributed by atoms with van der Waals surface area (Å²) in [5, 5.41) is 10.0. The molecular formula is C22H16BrClFN3O4. The highest BCUT2D eigenvalue weighted by molar-refractivity contribution is 9.10. The van der Waals surface area contributed by atoms with Gasteiger partial charge in [-0.3, -0.25) is 4.90 Å². The molecule has 2 aromatic rings. The minimum absolute atomic E-state index is 0.0782. The van der Waals surface area contributed by atoms with E-state index in [1.807, 2.05) is 6.07 Å². The van der Waals surface area contributed by atoms with Gasteiger partial charge in [-0.15, -0.1) is 0 Å². The average molecular weight is 521 g/mol. The van der Waals surface area contributed by atoms with E-state index in [1.54, 1.807) is 30.3 Å². The molecule has 2 N–H and O–H groups in total. The molecule has 0 fully saturated rings. The number of anilines is 1. The molecule has 32 heavy (non-hydrogen) atoms. The molecule has 0 radical (unpaired) electrons. The Bertz CT molecular complexity index is 1180. The average Bonchev–Trinajstić information content (AvgIpc) is 2.78. The number of carbonyl (C=O) groups is 2. The molecule has 1 atom stereocenters. The summed E-state index contributed by atoms with van der Waals surface area (Å²) in [4.78, 5) is 26.8. The standard InChI is InChI=1S/C22H16BrClFN3O4/c1-31-21(29)17-16(11-6-4-3-5-7-11)13(10-26)20(27)28(19(17)22(30)32-2)18-14(23)8-12(24)9-15(18)25/h3-9,16H,27H2,1-2H3. The van der Waals surface area contributed by atoms with E-state index in [2.05, 4.69) is 15.9 Å². The van der Waals surface area contributed by atoms with Gasteiger partial charge in [0.15, 0.2) is 0 Å². The lowest BCUT2D eigenvalue weighted by atomic mass is 9.81. The van der Waals surface area contributed by atoms with Gasteiger partial charge in [0.2, 0.25) is 0 Å². The van der Waals surface area contributed by atoms with Crippen LogP contribution in [0, 0.1) is 17.1 Å². The van der Waals surface area contributed by atoms with Crippen LogP contribution < -0.4 is 10.6 Å².